The van der Waals surface area contributed by atoms with Crippen LogP contribution in [-0.4, -0.2) is 48.1 Å². The first kappa shape index (κ1) is 10.4. The van der Waals surface area contributed by atoms with Gasteiger partial charge in [-0.25, -0.2) is 0 Å². The molecule has 1 N–H and O–H groups in total. The van der Waals surface area contributed by atoms with Crippen molar-refractivity contribution >= 4 is 11.8 Å². The Morgan fingerprint density at radius 3 is 2.60 bits per heavy atom. The van der Waals surface area contributed by atoms with Crippen molar-refractivity contribution in [2.45, 2.75) is 37.8 Å². The van der Waals surface area contributed by atoms with Gasteiger partial charge in [0.25, 0.3) is 0 Å². The van der Waals surface area contributed by atoms with Crippen molar-refractivity contribution in [3.63, 3.8) is 0 Å². The molecule has 1 saturated heterocycles. The summed E-state index contributed by atoms with van der Waals surface area (Å²) in [6.07, 6.45) is 5.92. The summed E-state index contributed by atoms with van der Waals surface area (Å²) in [7, 11) is 0. The molecule has 0 bridgehead atoms. The van der Waals surface area contributed by atoms with Gasteiger partial charge < -0.3 is 5.32 Å². The van der Waals surface area contributed by atoms with Crippen molar-refractivity contribution in [3.05, 3.63) is 0 Å². The van der Waals surface area contributed by atoms with E-state index in [2.05, 4.69) is 22.0 Å². The van der Waals surface area contributed by atoms with E-state index in [0.717, 1.165) is 18.0 Å². The Bertz CT molecular complexity index is 208. The van der Waals surface area contributed by atoms with Crippen molar-refractivity contribution in [1.82, 2.24) is 10.2 Å². The first-order chi connectivity index (χ1) is 7.42. The largest absolute Gasteiger partial charge is 0.311 e. The average molecular weight is 226 g/mol. The molecule has 2 nitrogen and oxygen atoms in total. The van der Waals surface area contributed by atoms with E-state index in [-0.39, 0.29) is 0 Å². The molecule has 0 spiro atoms. The van der Waals surface area contributed by atoms with Gasteiger partial charge in [0, 0.05) is 43.2 Å². The predicted octanol–water partition coefficient (Wildman–Crippen LogP) is 1.57. The first-order valence-corrected chi connectivity index (χ1v) is 7.62. The van der Waals surface area contributed by atoms with E-state index in [9.17, 15) is 0 Å². The average Bonchev–Trinajstić information content (AvgIpc) is 3.13. The summed E-state index contributed by atoms with van der Waals surface area (Å²) in [6, 6.07) is 1.72. The zero-order chi connectivity index (χ0) is 10.1. The Kier molecular flexibility index (Phi) is 3.23. The molecule has 3 aliphatic rings. The van der Waals surface area contributed by atoms with Crippen molar-refractivity contribution in [2.75, 3.05) is 31.1 Å². The number of thioether (sulfide) groups is 1. The molecule has 1 unspecified atom stereocenters. The maximum absolute atomic E-state index is 3.66. The molecular formula is C12H22N2S. The molecule has 3 heteroatoms. The van der Waals surface area contributed by atoms with Crippen LogP contribution in [0.2, 0.25) is 0 Å². The van der Waals surface area contributed by atoms with E-state index in [1.54, 1.807) is 0 Å². The zero-order valence-electron chi connectivity index (χ0n) is 9.45. The standard InChI is InChI=1S/C12H22N2S/c1-2-10(1)7-14(12-3-4-12)8-11-9-15-6-5-13-11/h10-13H,1-9H2. The lowest BCUT2D eigenvalue weighted by molar-refractivity contribution is 0.230. The summed E-state index contributed by atoms with van der Waals surface area (Å²) < 4.78 is 0. The summed E-state index contributed by atoms with van der Waals surface area (Å²) >= 11 is 2.12. The van der Waals surface area contributed by atoms with Crippen LogP contribution < -0.4 is 5.32 Å². The van der Waals surface area contributed by atoms with Crippen molar-refractivity contribution in [3.8, 4) is 0 Å². The highest BCUT2D eigenvalue weighted by molar-refractivity contribution is 7.99. The smallest absolute Gasteiger partial charge is 0.0286 e. The monoisotopic (exact) mass is 226 g/mol. The zero-order valence-corrected chi connectivity index (χ0v) is 10.3. The van der Waals surface area contributed by atoms with E-state index in [0.29, 0.717) is 0 Å². The molecule has 0 radical (unpaired) electrons. The third-order valence-electron chi connectivity index (χ3n) is 3.71. The van der Waals surface area contributed by atoms with Crippen LogP contribution in [0.4, 0.5) is 0 Å². The minimum atomic E-state index is 0.767. The molecule has 0 aromatic rings. The van der Waals surface area contributed by atoms with E-state index in [4.69, 9.17) is 0 Å². The lowest BCUT2D eigenvalue weighted by atomic mass is 10.2. The summed E-state index contributed by atoms with van der Waals surface area (Å²) in [5.41, 5.74) is 0. The van der Waals surface area contributed by atoms with E-state index < -0.39 is 0 Å². The van der Waals surface area contributed by atoms with Gasteiger partial charge in [0.1, 0.15) is 0 Å². The van der Waals surface area contributed by atoms with Crippen LogP contribution in [0, 0.1) is 5.92 Å². The van der Waals surface area contributed by atoms with Gasteiger partial charge in [0.05, 0.1) is 0 Å². The summed E-state index contributed by atoms with van der Waals surface area (Å²) in [5.74, 6) is 3.69. The Labute approximate surface area is 97.2 Å². The van der Waals surface area contributed by atoms with Crippen molar-refractivity contribution < 1.29 is 0 Å². The van der Waals surface area contributed by atoms with Gasteiger partial charge in [-0.3, -0.25) is 4.90 Å². The molecule has 0 amide bonds. The van der Waals surface area contributed by atoms with Crippen LogP contribution in [0.25, 0.3) is 0 Å². The number of nitrogens with zero attached hydrogens (tertiary/aromatic N) is 1. The van der Waals surface area contributed by atoms with Crippen LogP contribution in [-0.2, 0) is 0 Å². The number of rotatable bonds is 5. The van der Waals surface area contributed by atoms with Crippen molar-refractivity contribution in [1.29, 1.82) is 0 Å². The van der Waals surface area contributed by atoms with Gasteiger partial charge in [-0.15, -0.1) is 0 Å². The third-order valence-corrected chi connectivity index (χ3v) is 4.84. The molecule has 1 aliphatic heterocycles. The highest BCUT2D eigenvalue weighted by Crippen LogP contribution is 2.35. The Morgan fingerprint density at radius 2 is 2.00 bits per heavy atom. The fourth-order valence-corrected chi connectivity index (χ4v) is 3.40. The van der Waals surface area contributed by atoms with E-state index >= 15 is 0 Å². The second kappa shape index (κ2) is 4.64. The second-order valence-corrected chi connectivity index (χ2v) is 6.50. The molecule has 2 saturated carbocycles. The minimum Gasteiger partial charge on any atom is -0.311 e. The highest BCUT2D eigenvalue weighted by Gasteiger charge is 2.34. The number of hydrogen-bond acceptors (Lipinski definition) is 3. The molecule has 0 aromatic heterocycles. The van der Waals surface area contributed by atoms with Crippen LogP contribution >= 0.6 is 11.8 Å². The van der Waals surface area contributed by atoms with Crippen LogP contribution in [0.15, 0.2) is 0 Å². The van der Waals surface area contributed by atoms with Gasteiger partial charge in [-0.1, -0.05) is 0 Å². The summed E-state index contributed by atoms with van der Waals surface area (Å²) in [4.78, 5) is 2.78. The quantitative estimate of drug-likeness (QED) is 0.766. The molecule has 0 aromatic carbocycles. The number of hydrogen-bond donors (Lipinski definition) is 1. The fraction of sp³-hybridized carbons (Fsp3) is 1.00. The highest BCUT2D eigenvalue weighted by atomic mass is 32.2. The molecule has 15 heavy (non-hydrogen) atoms. The molecular weight excluding hydrogens is 204 g/mol. The number of nitrogens with one attached hydrogen (secondary N) is 1. The molecule has 2 aliphatic carbocycles. The predicted molar refractivity (Wildman–Crippen MR) is 66.4 cm³/mol. The van der Waals surface area contributed by atoms with Crippen molar-refractivity contribution in [2.24, 2.45) is 5.92 Å². The maximum Gasteiger partial charge on any atom is 0.0286 e. The lowest BCUT2D eigenvalue weighted by Crippen LogP contribution is -2.47. The van der Waals surface area contributed by atoms with Gasteiger partial charge in [0.15, 0.2) is 0 Å². The molecule has 86 valence electrons. The van der Waals surface area contributed by atoms with Gasteiger partial charge in [-0.2, -0.15) is 11.8 Å². The summed E-state index contributed by atoms with van der Waals surface area (Å²) in [5, 5.41) is 3.66. The summed E-state index contributed by atoms with van der Waals surface area (Å²) in [6.45, 7) is 3.93. The topological polar surface area (TPSA) is 15.3 Å². The minimum absolute atomic E-state index is 0.767. The van der Waals surface area contributed by atoms with Crippen LogP contribution in [0.1, 0.15) is 25.7 Å². The van der Waals surface area contributed by atoms with Gasteiger partial charge in [-0.05, 0) is 31.6 Å². The maximum atomic E-state index is 3.66. The first-order valence-electron chi connectivity index (χ1n) is 6.47. The Balaban J connectivity index is 1.47. The molecule has 3 rings (SSSR count). The lowest BCUT2D eigenvalue weighted by Gasteiger charge is -2.30. The van der Waals surface area contributed by atoms with Crippen LogP contribution in [0.5, 0.6) is 0 Å². The normalized spacial score (nSPS) is 32.2. The Morgan fingerprint density at radius 1 is 1.13 bits per heavy atom. The van der Waals surface area contributed by atoms with E-state index in [1.165, 1.54) is 56.8 Å². The Hall–Kier alpha value is 0.270. The molecule has 3 fully saturated rings. The third kappa shape index (κ3) is 3.11. The van der Waals surface area contributed by atoms with Gasteiger partial charge in [0.2, 0.25) is 0 Å². The SMILES string of the molecule is C1CSCC(CN(CC2CC2)C2CC2)N1. The second-order valence-electron chi connectivity index (χ2n) is 5.35. The molecule has 1 atom stereocenters. The fourth-order valence-electron chi connectivity index (χ4n) is 2.46. The van der Waals surface area contributed by atoms with Crippen LogP contribution in [0.3, 0.4) is 0 Å². The molecule has 1 heterocycles. The van der Waals surface area contributed by atoms with E-state index in [1.807, 2.05) is 0 Å². The van der Waals surface area contributed by atoms with Gasteiger partial charge >= 0.3 is 0 Å².